The number of ether oxygens (including phenoxy) is 4. The summed E-state index contributed by atoms with van der Waals surface area (Å²) >= 11 is 0. The molecule has 300 valence electrons. The molecule has 13 heteroatoms. The van der Waals surface area contributed by atoms with Crippen LogP contribution in [0.15, 0.2) is 60.8 Å². The molecule has 0 saturated carbocycles. The molecule has 12 nitrogen and oxygen atoms in total. The Morgan fingerprint density at radius 1 is 0.750 bits per heavy atom. The van der Waals surface area contributed by atoms with Crippen molar-refractivity contribution in [3.8, 4) is 0 Å². The highest BCUT2D eigenvalue weighted by Crippen LogP contribution is 2.26. The summed E-state index contributed by atoms with van der Waals surface area (Å²) < 4.78 is 58.6. The molecular formula is C39H66O12S. The molecule has 0 bridgehead atoms. The van der Waals surface area contributed by atoms with Gasteiger partial charge in [0.15, 0.2) is 6.29 Å². The zero-order chi connectivity index (χ0) is 38.3. The Labute approximate surface area is 312 Å². The lowest BCUT2D eigenvalue weighted by atomic mass is 9.99. The van der Waals surface area contributed by atoms with Gasteiger partial charge in [-0.1, -0.05) is 113 Å². The Morgan fingerprint density at radius 3 is 1.90 bits per heavy atom. The number of carbonyl (C=O) groups excluding carboxylic acids is 1. The number of carbonyl (C=O) groups is 1. The summed E-state index contributed by atoms with van der Waals surface area (Å²) in [4.78, 5) is 12.6. The molecule has 0 spiro atoms. The molecule has 6 unspecified atom stereocenters. The molecule has 4 N–H and O–H groups in total. The molecule has 1 aliphatic rings. The number of hydrogen-bond acceptors (Lipinski definition) is 11. The van der Waals surface area contributed by atoms with Gasteiger partial charge in [-0.15, -0.1) is 0 Å². The molecule has 1 saturated heterocycles. The summed E-state index contributed by atoms with van der Waals surface area (Å²) in [7, 11) is -5.06. The fourth-order valence-corrected chi connectivity index (χ4v) is 5.79. The number of aliphatic hydroxyl groups is 3. The zero-order valence-electron chi connectivity index (χ0n) is 31.3. The zero-order valence-corrected chi connectivity index (χ0v) is 32.2. The summed E-state index contributed by atoms with van der Waals surface area (Å²) in [5.41, 5.74) is 0. The van der Waals surface area contributed by atoms with Gasteiger partial charge in [0.05, 0.1) is 19.8 Å². The first kappa shape index (κ1) is 47.8. The van der Waals surface area contributed by atoms with Gasteiger partial charge in [0, 0.05) is 13.0 Å². The maximum absolute atomic E-state index is 12.6. The van der Waals surface area contributed by atoms with E-state index in [0.29, 0.717) is 13.0 Å². The van der Waals surface area contributed by atoms with Gasteiger partial charge >= 0.3 is 16.4 Å². The maximum atomic E-state index is 12.6. The van der Waals surface area contributed by atoms with E-state index in [-0.39, 0.29) is 19.6 Å². The Balaban J connectivity index is 2.50. The van der Waals surface area contributed by atoms with Gasteiger partial charge in [0.25, 0.3) is 0 Å². The van der Waals surface area contributed by atoms with E-state index in [0.717, 1.165) is 70.6 Å². The summed E-state index contributed by atoms with van der Waals surface area (Å²) in [5, 5.41) is 30.4. The highest BCUT2D eigenvalue weighted by molar-refractivity contribution is 7.80. The number of rotatable bonds is 31. The Bertz CT molecular complexity index is 1150. The largest absolute Gasteiger partial charge is 0.457 e. The van der Waals surface area contributed by atoms with Crippen molar-refractivity contribution in [3.63, 3.8) is 0 Å². The number of unbranched alkanes of at least 4 members (excludes halogenated alkanes) is 8. The van der Waals surface area contributed by atoms with E-state index in [1.807, 2.05) is 0 Å². The standard InChI is InChI=1S/C39H66O12S/c1-3-5-7-9-11-12-13-14-15-16-17-18-19-20-21-23-25-27-29-47-31-33(49-35(41)28-26-24-22-10-8-6-4-2)32-48-39-37(43)38(51-52(44,45)46)36(42)34(30-40)50-39/h5,7,11-12,14-15,17-18,20-21,33-34,36-40,42-43H,3-4,6,8-10,13,16,19,22-32H2,1-2H3,(H,44,45,46)/b7-5-,12-11-,15-14-,18-17-,21-20-. The molecule has 0 aromatic heterocycles. The number of aliphatic hydroxyl groups excluding tert-OH is 3. The summed E-state index contributed by atoms with van der Waals surface area (Å²) in [6.07, 6.45) is 27.3. The molecule has 1 heterocycles. The lowest BCUT2D eigenvalue weighted by Crippen LogP contribution is -2.60. The van der Waals surface area contributed by atoms with Gasteiger partial charge in [-0.05, 0) is 57.8 Å². The van der Waals surface area contributed by atoms with E-state index in [4.69, 9.17) is 23.5 Å². The van der Waals surface area contributed by atoms with Crippen LogP contribution in [-0.4, -0.2) is 97.5 Å². The van der Waals surface area contributed by atoms with Crippen LogP contribution in [0.1, 0.15) is 117 Å². The van der Waals surface area contributed by atoms with E-state index < -0.39 is 59.8 Å². The van der Waals surface area contributed by atoms with Crippen molar-refractivity contribution in [2.24, 2.45) is 0 Å². The molecule has 0 amide bonds. The lowest BCUT2D eigenvalue weighted by Gasteiger charge is -2.41. The maximum Gasteiger partial charge on any atom is 0.397 e. The third kappa shape index (κ3) is 24.9. The third-order valence-corrected chi connectivity index (χ3v) is 8.62. The second kappa shape index (κ2) is 31.2. The smallest absolute Gasteiger partial charge is 0.397 e. The number of hydrogen-bond donors (Lipinski definition) is 4. The van der Waals surface area contributed by atoms with Crippen molar-refractivity contribution in [2.45, 2.75) is 153 Å². The molecule has 0 aromatic carbocycles. The first-order chi connectivity index (χ1) is 25.1. The Kier molecular flexibility index (Phi) is 28.7. The Morgan fingerprint density at radius 2 is 1.33 bits per heavy atom. The van der Waals surface area contributed by atoms with Gasteiger partial charge in [-0.2, -0.15) is 8.42 Å². The molecule has 52 heavy (non-hydrogen) atoms. The number of allylic oxidation sites excluding steroid dienone is 10. The van der Waals surface area contributed by atoms with Crippen LogP contribution in [0.3, 0.4) is 0 Å². The molecule has 0 aliphatic carbocycles. The van der Waals surface area contributed by atoms with Crippen molar-refractivity contribution in [3.05, 3.63) is 60.8 Å². The van der Waals surface area contributed by atoms with Gasteiger partial charge in [-0.25, -0.2) is 4.18 Å². The van der Waals surface area contributed by atoms with Gasteiger partial charge in [0.2, 0.25) is 0 Å². The van der Waals surface area contributed by atoms with Gasteiger partial charge in [0.1, 0.15) is 30.5 Å². The first-order valence-corrected chi connectivity index (χ1v) is 20.4. The topological polar surface area (TPSA) is 178 Å². The monoisotopic (exact) mass is 758 g/mol. The quantitative estimate of drug-likeness (QED) is 0.0258. The van der Waals surface area contributed by atoms with Gasteiger partial charge in [-0.3, -0.25) is 9.35 Å². The van der Waals surface area contributed by atoms with Crippen molar-refractivity contribution >= 4 is 16.4 Å². The van der Waals surface area contributed by atoms with E-state index in [1.165, 1.54) is 19.3 Å². The van der Waals surface area contributed by atoms with Crippen LogP contribution in [0.25, 0.3) is 0 Å². The average Bonchev–Trinajstić information content (AvgIpc) is 3.11. The molecule has 6 atom stereocenters. The van der Waals surface area contributed by atoms with Crippen molar-refractivity contribution < 1.29 is 56.2 Å². The van der Waals surface area contributed by atoms with Crippen LogP contribution in [0.4, 0.5) is 0 Å². The van der Waals surface area contributed by atoms with E-state index in [9.17, 15) is 28.5 Å². The second-order valence-corrected chi connectivity index (χ2v) is 13.8. The predicted octanol–water partition coefficient (Wildman–Crippen LogP) is 6.62. The molecular weight excluding hydrogens is 692 g/mol. The third-order valence-electron chi connectivity index (χ3n) is 8.15. The molecule has 0 aromatic rings. The minimum absolute atomic E-state index is 0.00421. The SMILES string of the molecule is CC/C=C\C/C=C\C/C=C\C/C=C\C/C=C\CCCCOCC(COC1OC(CO)C(O)C(OS(=O)(=O)O)C1O)OC(=O)CCCCCCCCC. The van der Waals surface area contributed by atoms with Crippen LogP contribution < -0.4 is 0 Å². The van der Waals surface area contributed by atoms with Crippen LogP contribution in [0, 0.1) is 0 Å². The molecule has 1 aliphatic heterocycles. The fourth-order valence-electron chi connectivity index (χ4n) is 5.28. The van der Waals surface area contributed by atoms with Crippen LogP contribution >= 0.6 is 0 Å². The first-order valence-electron chi connectivity index (χ1n) is 19.0. The van der Waals surface area contributed by atoms with E-state index >= 15 is 0 Å². The van der Waals surface area contributed by atoms with Crippen LogP contribution in [-0.2, 0) is 38.3 Å². The highest BCUT2D eigenvalue weighted by atomic mass is 32.3. The molecule has 1 fully saturated rings. The Hall–Kier alpha value is -2.20. The minimum atomic E-state index is -5.06. The summed E-state index contributed by atoms with van der Waals surface area (Å²) in [5.74, 6) is -0.425. The van der Waals surface area contributed by atoms with E-state index in [2.05, 4.69) is 78.8 Å². The molecule has 1 rings (SSSR count). The minimum Gasteiger partial charge on any atom is -0.457 e. The van der Waals surface area contributed by atoms with Crippen LogP contribution in [0.2, 0.25) is 0 Å². The normalized spacial score (nSPS) is 22.2. The van der Waals surface area contributed by atoms with Gasteiger partial charge < -0.3 is 34.3 Å². The van der Waals surface area contributed by atoms with Crippen molar-refractivity contribution in [1.29, 1.82) is 0 Å². The summed E-state index contributed by atoms with van der Waals surface area (Å²) in [6, 6.07) is 0. The van der Waals surface area contributed by atoms with Crippen molar-refractivity contribution in [2.75, 3.05) is 26.4 Å². The fraction of sp³-hybridized carbons (Fsp3) is 0.718. The lowest BCUT2D eigenvalue weighted by molar-refractivity contribution is -0.301. The van der Waals surface area contributed by atoms with Crippen molar-refractivity contribution in [1.82, 2.24) is 0 Å². The average molecular weight is 759 g/mol. The highest BCUT2D eigenvalue weighted by Gasteiger charge is 2.48. The predicted molar refractivity (Wildman–Crippen MR) is 202 cm³/mol. The summed E-state index contributed by atoms with van der Waals surface area (Å²) in [6.45, 7) is 3.67. The molecule has 0 radical (unpaired) electrons. The van der Waals surface area contributed by atoms with Crippen LogP contribution in [0.5, 0.6) is 0 Å². The van der Waals surface area contributed by atoms with E-state index in [1.54, 1.807) is 0 Å². The number of esters is 1. The second-order valence-electron chi connectivity index (χ2n) is 12.8.